The number of pyridine rings is 1. The molecule has 0 fully saturated rings. The average molecular weight is 163 g/mol. The van der Waals surface area contributed by atoms with Crippen LogP contribution in [0, 0.1) is 6.92 Å². The molecule has 0 N–H and O–H groups in total. The number of rotatable bonds is 3. The highest BCUT2D eigenvalue weighted by Gasteiger charge is 1.99. The summed E-state index contributed by atoms with van der Waals surface area (Å²) in [5.74, 6) is 0.264. The van der Waals surface area contributed by atoms with Gasteiger partial charge in [-0.25, -0.2) is 0 Å². The third-order valence-corrected chi connectivity index (χ3v) is 1.77. The van der Waals surface area contributed by atoms with Crippen molar-refractivity contribution in [3.63, 3.8) is 0 Å². The van der Waals surface area contributed by atoms with Crippen molar-refractivity contribution in [1.29, 1.82) is 0 Å². The molecule has 0 unspecified atom stereocenters. The van der Waals surface area contributed by atoms with Crippen LogP contribution in [0.1, 0.15) is 24.6 Å². The van der Waals surface area contributed by atoms with E-state index in [4.69, 9.17) is 0 Å². The van der Waals surface area contributed by atoms with E-state index in [1.54, 1.807) is 6.20 Å². The van der Waals surface area contributed by atoms with Crippen LogP contribution in [-0.2, 0) is 11.2 Å². The number of hydrogen-bond acceptors (Lipinski definition) is 2. The smallest absolute Gasteiger partial charge is 0.137 e. The molecule has 0 aliphatic carbocycles. The lowest BCUT2D eigenvalue weighted by Crippen LogP contribution is -2.00. The summed E-state index contributed by atoms with van der Waals surface area (Å²) in [6.07, 6.45) is 2.89. The average Bonchev–Trinajstić information content (AvgIpc) is 2.09. The minimum absolute atomic E-state index is 0.264. The van der Waals surface area contributed by atoms with Crippen LogP contribution >= 0.6 is 0 Å². The first kappa shape index (κ1) is 8.91. The summed E-state index contributed by atoms with van der Waals surface area (Å²) >= 11 is 0. The summed E-state index contributed by atoms with van der Waals surface area (Å²) in [4.78, 5) is 15.2. The zero-order chi connectivity index (χ0) is 8.97. The SMILES string of the molecule is CCC(=O)Cc1ccc(C)nc1. The van der Waals surface area contributed by atoms with Crippen molar-refractivity contribution in [1.82, 2.24) is 4.98 Å². The molecule has 1 rings (SSSR count). The van der Waals surface area contributed by atoms with Crippen molar-refractivity contribution in [3.8, 4) is 0 Å². The molecule has 0 bridgehead atoms. The maximum atomic E-state index is 11.0. The fourth-order valence-electron chi connectivity index (χ4n) is 0.956. The van der Waals surface area contributed by atoms with E-state index >= 15 is 0 Å². The first-order valence-electron chi connectivity index (χ1n) is 4.15. The fraction of sp³-hybridized carbons (Fsp3) is 0.400. The summed E-state index contributed by atoms with van der Waals surface area (Å²) in [6.45, 7) is 3.81. The van der Waals surface area contributed by atoms with Crippen LogP contribution in [0.5, 0.6) is 0 Å². The second-order valence-corrected chi connectivity index (χ2v) is 2.88. The number of aryl methyl sites for hydroxylation is 1. The van der Waals surface area contributed by atoms with E-state index < -0.39 is 0 Å². The Morgan fingerprint density at radius 3 is 2.75 bits per heavy atom. The standard InChI is InChI=1S/C10H13NO/c1-3-10(12)6-9-5-4-8(2)11-7-9/h4-5,7H,3,6H2,1-2H3. The highest BCUT2D eigenvalue weighted by atomic mass is 16.1. The largest absolute Gasteiger partial charge is 0.299 e. The Bertz CT molecular complexity index is 264. The lowest BCUT2D eigenvalue weighted by atomic mass is 10.1. The fourth-order valence-corrected chi connectivity index (χ4v) is 0.956. The highest BCUT2D eigenvalue weighted by Crippen LogP contribution is 2.01. The van der Waals surface area contributed by atoms with Gasteiger partial charge in [-0.05, 0) is 18.6 Å². The second-order valence-electron chi connectivity index (χ2n) is 2.88. The third kappa shape index (κ3) is 2.46. The monoisotopic (exact) mass is 163 g/mol. The minimum Gasteiger partial charge on any atom is -0.299 e. The van der Waals surface area contributed by atoms with Crippen molar-refractivity contribution in [2.75, 3.05) is 0 Å². The topological polar surface area (TPSA) is 30.0 Å². The van der Waals surface area contributed by atoms with Crippen LogP contribution < -0.4 is 0 Å². The molecule has 0 atom stereocenters. The van der Waals surface area contributed by atoms with Crippen LogP contribution in [0.4, 0.5) is 0 Å². The highest BCUT2D eigenvalue weighted by molar-refractivity contribution is 5.80. The first-order valence-corrected chi connectivity index (χ1v) is 4.15. The Labute approximate surface area is 72.6 Å². The predicted molar refractivity (Wildman–Crippen MR) is 48.0 cm³/mol. The van der Waals surface area contributed by atoms with Crippen molar-refractivity contribution in [2.24, 2.45) is 0 Å². The van der Waals surface area contributed by atoms with Crippen LogP contribution in [0.15, 0.2) is 18.3 Å². The van der Waals surface area contributed by atoms with Gasteiger partial charge in [0.15, 0.2) is 0 Å². The summed E-state index contributed by atoms with van der Waals surface area (Å²) in [5.41, 5.74) is 2.00. The molecule has 2 nitrogen and oxygen atoms in total. The molecule has 2 heteroatoms. The molecule has 12 heavy (non-hydrogen) atoms. The second kappa shape index (κ2) is 4.00. The number of nitrogens with zero attached hydrogens (tertiary/aromatic N) is 1. The molecule has 0 spiro atoms. The Kier molecular flexibility index (Phi) is 2.97. The number of ketones is 1. The van der Waals surface area contributed by atoms with E-state index in [-0.39, 0.29) is 5.78 Å². The molecule has 64 valence electrons. The maximum absolute atomic E-state index is 11.0. The lowest BCUT2D eigenvalue weighted by Gasteiger charge is -1.98. The van der Waals surface area contributed by atoms with Gasteiger partial charge in [0.2, 0.25) is 0 Å². The molecule has 1 aromatic heterocycles. The maximum Gasteiger partial charge on any atom is 0.137 e. The van der Waals surface area contributed by atoms with Crippen molar-refractivity contribution >= 4 is 5.78 Å². The van der Waals surface area contributed by atoms with E-state index in [1.165, 1.54) is 0 Å². The van der Waals surface area contributed by atoms with E-state index in [2.05, 4.69) is 4.98 Å². The van der Waals surface area contributed by atoms with Gasteiger partial charge in [0, 0.05) is 24.7 Å². The molecule has 0 aromatic carbocycles. The number of carbonyl (C=O) groups is 1. The molecular weight excluding hydrogens is 150 g/mol. The van der Waals surface area contributed by atoms with Gasteiger partial charge in [-0.3, -0.25) is 9.78 Å². The quantitative estimate of drug-likeness (QED) is 0.681. The number of carbonyl (C=O) groups excluding carboxylic acids is 1. The Morgan fingerprint density at radius 2 is 2.25 bits per heavy atom. The molecule has 1 heterocycles. The van der Waals surface area contributed by atoms with Crippen LogP contribution in [0.25, 0.3) is 0 Å². The molecule has 0 amide bonds. The van der Waals surface area contributed by atoms with Gasteiger partial charge in [-0.1, -0.05) is 13.0 Å². The van der Waals surface area contributed by atoms with E-state index in [1.807, 2.05) is 26.0 Å². The summed E-state index contributed by atoms with van der Waals surface area (Å²) in [7, 11) is 0. The zero-order valence-corrected chi connectivity index (χ0v) is 7.50. The van der Waals surface area contributed by atoms with Crippen molar-refractivity contribution < 1.29 is 4.79 Å². The summed E-state index contributed by atoms with van der Waals surface area (Å²) in [6, 6.07) is 3.88. The van der Waals surface area contributed by atoms with E-state index in [0.29, 0.717) is 12.8 Å². The number of hydrogen-bond donors (Lipinski definition) is 0. The van der Waals surface area contributed by atoms with Crippen LogP contribution in [0.2, 0.25) is 0 Å². The number of Topliss-reactive ketones (excluding diaryl/α,β-unsaturated/α-hetero) is 1. The molecule has 0 radical (unpaired) electrons. The van der Waals surface area contributed by atoms with Gasteiger partial charge in [0.1, 0.15) is 5.78 Å². The van der Waals surface area contributed by atoms with Crippen LogP contribution in [-0.4, -0.2) is 10.8 Å². The van der Waals surface area contributed by atoms with Gasteiger partial charge >= 0.3 is 0 Å². The van der Waals surface area contributed by atoms with Gasteiger partial charge in [-0.2, -0.15) is 0 Å². The molecule has 0 saturated heterocycles. The predicted octanol–water partition coefficient (Wildman–Crippen LogP) is 1.91. The summed E-state index contributed by atoms with van der Waals surface area (Å²) < 4.78 is 0. The summed E-state index contributed by atoms with van der Waals surface area (Å²) in [5, 5.41) is 0. The minimum atomic E-state index is 0.264. The van der Waals surface area contributed by atoms with Crippen molar-refractivity contribution in [3.05, 3.63) is 29.6 Å². The third-order valence-electron chi connectivity index (χ3n) is 1.77. The number of aromatic nitrogens is 1. The molecule has 1 aromatic rings. The van der Waals surface area contributed by atoms with Gasteiger partial charge < -0.3 is 0 Å². The Morgan fingerprint density at radius 1 is 1.50 bits per heavy atom. The van der Waals surface area contributed by atoms with E-state index in [9.17, 15) is 4.79 Å². The zero-order valence-electron chi connectivity index (χ0n) is 7.50. The molecule has 0 saturated carbocycles. The molecule has 0 aliphatic rings. The Hall–Kier alpha value is -1.18. The molecule has 0 aliphatic heterocycles. The van der Waals surface area contributed by atoms with Crippen molar-refractivity contribution in [2.45, 2.75) is 26.7 Å². The normalized spacial score (nSPS) is 9.83. The molecular formula is C10H13NO. The first-order chi connectivity index (χ1) is 5.72. The Balaban J connectivity index is 2.64. The van der Waals surface area contributed by atoms with Gasteiger partial charge in [-0.15, -0.1) is 0 Å². The lowest BCUT2D eigenvalue weighted by molar-refractivity contribution is -0.118. The van der Waals surface area contributed by atoms with Gasteiger partial charge in [0.05, 0.1) is 0 Å². The van der Waals surface area contributed by atoms with E-state index in [0.717, 1.165) is 11.3 Å². The van der Waals surface area contributed by atoms with Gasteiger partial charge in [0.25, 0.3) is 0 Å². The van der Waals surface area contributed by atoms with Crippen LogP contribution in [0.3, 0.4) is 0 Å².